The van der Waals surface area contributed by atoms with Gasteiger partial charge in [-0.3, -0.25) is 14.5 Å². The lowest BCUT2D eigenvalue weighted by molar-refractivity contribution is -0.129. The highest BCUT2D eigenvalue weighted by Crippen LogP contribution is 2.41. The molecule has 0 bridgehead atoms. The molecule has 2 aromatic heterocycles. The van der Waals surface area contributed by atoms with Crippen LogP contribution in [0.25, 0.3) is 0 Å². The largest absolute Gasteiger partial charge is 0.503 e. The summed E-state index contributed by atoms with van der Waals surface area (Å²) in [6, 6.07) is 3.25. The maximum absolute atomic E-state index is 13.4. The lowest BCUT2D eigenvalue weighted by Gasteiger charge is -2.29. The predicted octanol–water partition coefficient (Wildman–Crippen LogP) is 3.12. The van der Waals surface area contributed by atoms with Gasteiger partial charge < -0.3 is 14.7 Å². The SMILES string of the molecule is Cc1nc(C)c(C(=O)C2=C(O)C(=O)N(CCCN3CCOCC3)C2c2cccs2)s1. The Balaban J connectivity index is 1.58. The van der Waals surface area contributed by atoms with Gasteiger partial charge in [0.2, 0.25) is 5.78 Å². The van der Waals surface area contributed by atoms with Gasteiger partial charge in [-0.15, -0.1) is 22.7 Å². The minimum atomic E-state index is -0.559. The average molecular weight is 448 g/mol. The highest BCUT2D eigenvalue weighted by molar-refractivity contribution is 7.14. The Morgan fingerprint density at radius 3 is 2.70 bits per heavy atom. The van der Waals surface area contributed by atoms with Crippen molar-refractivity contribution >= 4 is 34.4 Å². The number of hydrogen-bond acceptors (Lipinski definition) is 8. The van der Waals surface area contributed by atoms with Gasteiger partial charge in [-0.05, 0) is 31.7 Å². The summed E-state index contributed by atoms with van der Waals surface area (Å²) < 4.78 is 5.38. The second kappa shape index (κ2) is 8.97. The number of aromatic nitrogens is 1. The Labute approximate surface area is 183 Å². The molecular formula is C21H25N3O4S2. The first kappa shape index (κ1) is 21.2. The summed E-state index contributed by atoms with van der Waals surface area (Å²) >= 11 is 2.78. The van der Waals surface area contributed by atoms with E-state index in [9.17, 15) is 14.7 Å². The van der Waals surface area contributed by atoms with Crippen LogP contribution in [-0.4, -0.2) is 71.0 Å². The molecule has 1 N–H and O–H groups in total. The van der Waals surface area contributed by atoms with Crippen LogP contribution in [0.1, 0.15) is 37.7 Å². The molecule has 2 aliphatic rings. The van der Waals surface area contributed by atoms with E-state index in [2.05, 4.69) is 9.88 Å². The van der Waals surface area contributed by atoms with Crippen molar-refractivity contribution in [2.45, 2.75) is 26.3 Å². The van der Waals surface area contributed by atoms with Crippen LogP contribution >= 0.6 is 22.7 Å². The van der Waals surface area contributed by atoms with Crippen LogP contribution in [0.4, 0.5) is 0 Å². The first-order chi connectivity index (χ1) is 14.5. The van der Waals surface area contributed by atoms with E-state index >= 15 is 0 Å². The molecule has 0 spiro atoms. The number of thiophene rings is 1. The number of Topliss-reactive ketones (excluding diaryl/α,β-unsaturated/α-hetero) is 1. The zero-order valence-electron chi connectivity index (χ0n) is 17.1. The van der Waals surface area contributed by atoms with E-state index in [-0.39, 0.29) is 11.4 Å². The van der Waals surface area contributed by atoms with Crippen molar-refractivity contribution in [3.05, 3.63) is 49.3 Å². The van der Waals surface area contributed by atoms with Crippen LogP contribution in [-0.2, 0) is 9.53 Å². The van der Waals surface area contributed by atoms with Crippen LogP contribution in [0, 0.1) is 13.8 Å². The number of hydrogen-bond donors (Lipinski definition) is 1. The molecule has 2 aromatic rings. The molecule has 0 aliphatic carbocycles. The number of morpholine rings is 1. The number of carbonyl (C=O) groups is 2. The quantitative estimate of drug-likeness (QED) is 0.657. The minimum absolute atomic E-state index is 0.167. The fourth-order valence-electron chi connectivity index (χ4n) is 4.01. The molecule has 160 valence electrons. The van der Waals surface area contributed by atoms with Crippen LogP contribution < -0.4 is 0 Å². The topological polar surface area (TPSA) is 83.0 Å². The number of aliphatic hydroxyl groups is 1. The molecule has 1 fully saturated rings. The normalized spacial score (nSPS) is 20.4. The third kappa shape index (κ3) is 4.07. The molecule has 2 aliphatic heterocycles. The number of ketones is 1. The molecule has 1 unspecified atom stereocenters. The van der Waals surface area contributed by atoms with Crippen LogP contribution in [0.3, 0.4) is 0 Å². The molecule has 0 aromatic carbocycles. The summed E-state index contributed by atoms with van der Waals surface area (Å²) in [5, 5.41) is 13.4. The monoisotopic (exact) mass is 447 g/mol. The lowest BCUT2D eigenvalue weighted by atomic mass is 10.00. The summed E-state index contributed by atoms with van der Waals surface area (Å²) in [5.74, 6) is -1.22. The number of ether oxygens (including phenoxy) is 1. The highest BCUT2D eigenvalue weighted by atomic mass is 32.1. The van der Waals surface area contributed by atoms with E-state index in [0.717, 1.165) is 49.2 Å². The van der Waals surface area contributed by atoms with Crippen molar-refractivity contribution in [1.82, 2.24) is 14.8 Å². The zero-order chi connectivity index (χ0) is 21.3. The van der Waals surface area contributed by atoms with Crippen LogP contribution in [0.5, 0.6) is 0 Å². The minimum Gasteiger partial charge on any atom is -0.503 e. The van der Waals surface area contributed by atoms with E-state index in [4.69, 9.17) is 4.74 Å². The van der Waals surface area contributed by atoms with E-state index in [1.54, 1.807) is 11.8 Å². The van der Waals surface area contributed by atoms with Gasteiger partial charge in [-0.25, -0.2) is 4.98 Å². The van der Waals surface area contributed by atoms with Crippen molar-refractivity contribution in [2.24, 2.45) is 0 Å². The number of carbonyl (C=O) groups excluding carboxylic acids is 2. The Morgan fingerprint density at radius 2 is 2.07 bits per heavy atom. The van der Waals surface area contributed by atoms with Gasteiger partial charge in [0.15, 0.2) is 5.76 Å². The second-order valence-electron chi connectivity index (χ2n) is 7.46. The van der Waals surface area contributed by atoms with Crippen LogP contribution in [0.15, 0.2) is 28.8 Å². The van der Waals surface area contributed by atoms with Gasteiger partial charge in [0.1, 0.15) is 0 Å². The number of aliphatic hydroxyl groups excluding tert-OH is 1. The summed E-state index contributed by atoms with van der Waals surface area (Å²) in [5.41, 5.74) is 0.798. The van der Waals surface area contributed by atoms with Gasteiger partial charge in [-0.1, -0.05) is 6.07 Å². The molecule has 0 saturated carbocycles. The van der Waals surface area contributed by atoms with E-state index in [1.165, 1.54) is 22.7 Å². The molecule has 1 atom stereocenters. The Bertz CT molecular complexity index is 961. The fourth-order valence-corrected chi connectivity index (χ4v) is 5.73. The molecule has 9 heteroatoms. The average Bonchev–Trinajstić information content (AvgIpc) is 3.43. The van der Waals surface area contributed by atoms with Gasteiger partial charge in [0.25, 0.3) is 5.91 Å². The smallest absolute Gasteiger partial charge is 0.290 e. The van der Waals surface area contributed by atoms with Gasteiger partial charge >= 0.3 is 0 Å². The lowest BCUT2D eigenvalue weighted by Crippen LogP contribution is -2.39. The summed E-state index contributed by atoms with van der Waals surface area (Å²) in [6.07, 6.45) is 0.765. The van der Waals surface area contributed by atoms with Crippen molar-refractivity contribution in [3.8, 4) is 0 Å². The third-order valence-electron chi connectivity index (χ3n) is 5.45. The molecule has 4 heterocycles. The van der Waals surface area contributed by atoms with Gasteiger partial charge in [0, 0.05) is 31.1 Å². The van der Waals surface area contributed by atoms with Gasteiger partial charge in [-0.2, -0.15) is 0 Å². The molecule has 1 amide bonds. The van der Waals surface area contributed by atoms with Crippen molar-refractivity contribution < 1.29 is 19.4 Å². The number of amides is 1. The van der Waals surface area contributed by atoms with Gasteiger partial charge in [0.05, 0.1) is 40.4 Å². The number of nitrogens with zero attached hydrogens (tertiary/aromatic N) is 3. The van der Waals surface area contributed by atoms with Crippen LogP contribution in [0.2, 0.25) is 0 Å². The third-order valence-corrected chi connectivity index (χ3v) is 7.44. The molecule has 30 heavy (non-hydrogen) atoms. The second-order valence-corrected chi connectivity index (χ2v) is 9.65. The highest BCUT2D eigenvalue weighted by Gasteiger charge is 2.44. The van der Waals surface area contributed by atoms with Crippen molar-refractivity contribution in [3.63, 3.8) is 0 Å². The Hall–Kier alpha value is -2.07. The number of aryl methyl sites for hydroxylation is 2. The maximum Gasteiger partial charge on any atom is 0.290 e. The zero-order valence-corrected chi connectivity index (χ0v) is 18.7. The first-order valence-electron chi connectivity index (χ1n) is 10.0. The fraction of sp³-hybridized carbons (Fsp3) is 0.476. The molecular weight excluding hydrogens is 422 g/mol. The summed E-state index contributed by atoms with van der Waals surface area (Å²) in [7, 11) is 0. The molecule has 4 rings (SSSR count). The van der Waals surface area contributed by atoms with Crippen molar-refractivity contribution in [1.29, 1.82) is 0 Å². The van der Waals surface area contributed by atoms with E-state index in [0.29, 0.717) is 17.1 Å². The molecule has 0 radical (unpaired) electrons. The first-order valence-corrected chi connectivity index (χ1v) is 11.7. The molecule has 7 nitrogen and oxygen atoms in total. The Morgan fingerprint density at radius 1 is 1.30 bits per heavy atom. The predicted molar refractivity (Wildman–Crippen MR) is 116 cm³/mol. The standard InChI is InChI=1S/C21H25N3O4S2/c1-13-20(30-14(2)22-13)18(25)16-17(15-5-3-12-29-15)24(21(27)19(16)26)7-4-6-23-8-10-28-11-9-23/h3,5,12,17,26H,4,6-11H2,1-2H3. The van der Waals surface area contributed by atoms with Crippen molar-refractivity contribution in [2.75, 3.05) is 39.4 Å². The number of rotatable bonds is 7. The summed E-state index contributed by atoms with van der Waals surface area (Å²) in [4.78, 5) is 36.0. The number of thiazole rings is 1. The summed E-state index contributed by atoms with van der Waals surface area (Å²) in [6.45, 7) is 8.19. The van der Waals surface area contributed by atoms with E-state index < -0.39 is 17.7 Å². The maximum atomic E-state index is 13.4. The Kier molecular flexibility index (Phi) is 6.33. The molecule has 1 saturated heterocycles. The van der Waals surface area contributed by atoms with E-state index in [1.807, 2.05) is 24.4 Å².